The Balaban J connectivity index is 2.22. The van der Waals surface area contributed by atoms with Crippen LogP contribution in [0.3, 0.4) is 0 Å². The lowest BCUT2D eigenvalue weighted by molar-refractivity contribution is -0.111. The highest BCUT2D eigenvalue weighted by molar-refractivity contribution is 7.16. The first kappa shape index (κ1) is 19.1. The molecule has 1 aromatic heterocycles. The van der Waals surface area contributed by atoms with Crippen LogP contribution in [0.4, 0.5) is 9.39 Å². The van der Waals surface area contributed by atoms with Crippen molar-refractivity contribution in [1.29, 1.82) is 0 Å². The maximum Gasteiger partial charge on any atom is 0.341 e. The van der Waals surface area contributed by atoms with E-state index in [0.29, 0.717) is 10.6 Å². The Hall–Kier alpha value is -2.18. The van der Waals surface area contributed by atoms with Gasteiger partial charge in [-0.2, -0.15) is 0 Å². The first-order valence-electron chi connectivity index (χ1n) is 7.55. The first-order valence-corrected chi connectivity index (χ1v) is 8.74. The number of thiophene rings is 1. The van der Waals surface area contributed by atoms with Gasteiger partial charge in [-0.25, -0.2) is 9.18 Å². The smallest absolute Gasteiger partial charge is 0.341 e. The van der Waals surface area contributed by atoms with Crippen LogP contribution in [-0.4, -0.2) is 18.5 Å². The molecule has 0 aliphatic rings. The number of hydrogen-bond donors (Lipinski definition) is 1. The fraction of sp³-hybridized carbons (Fsp3) is 0.222. The van der Waals surface area contributed by atoms with Gasteiger partial charge in [-0.1, -0.05) is 17.7 Å². The highest BCUT2D eigenvalue weighted by Crippen LogP contribution is 2.33. The minimum absolute atomic E-state index is 0.128. The van der Waals surface area contributed by atoms with Gasteiger partial charge in [0.15, 0.2) is 0 Å². The van der Waals surface area contributed by atoms with Crippen LogP contribution in [0, 0.1) is 19.7 Å². The van der Waals surface area contributed by atoms with Crippen LogP contribution < -0.4 is 5.32 Å². The van der Waals surface area contributed by atoms with E-state index in [2.05, 4.69) is 5.32 Å². The molecule has 0 atom stereocenters. The molecule has 0 spiro atoms. The van der Waals surface area contributed by atoms with Crippen molar-refractivity contribution in [2.45, 2.75) is 20.8 Å². The quantitative estimate of drug-likeness (QED) is 0.586. The molecule has 0 aliphatic carbocycles. The van der Waals surface area contributed by atoms with E-state index < -0.39 is 17.7 Å². The molecule has 0 saturated carbocycles. The van der Waals surface area contributed by atoms with Crippen LogP contribution in [0.25, 0.3) is 6.08 Å². The molecule has 132 valence electrons. The van der Waals surface area contributed by atoms with Gasteiger partial charge in [0, 0.05) is 16.5 Å². The molecule has 0 radical (unpaired) electrons. The summed E-state index contributed by atoms with van der Waals surface area (Å²) in [6.07, 6.45) is 2.47. The van der Waals surface area contributed by atoms with Crippen molar-refractivity contribution in [3.63, 3.8) is 0 Å². The highest BCUT2D eigenvalue weighted by atomic mass is 35.5. The molecular weight excluding hydrogens is 365 g/mol. The zero-order valence-electron chi connectivity index (χ0n) is 14.0. The van der Waals surface area contributed by atoms with Gasteiger partial charge in [0.1, 0.15) is 10.8 Å². The summed E-state index contributed by atoms with van der Waals surface area (Å²) in [7, 11) is 0. The van der Waals surface area contributed by atoms with E-state index in [4.69, 9.17) is 16.3 Å². The molecule has 1 aromatic carbocycles. The Kier molecular flexibility index (Phi) is 6.33. The van der Waals surface area contributed by atoms with Crippen molar-refractivity contribution in [2.24, 2.45) is 0 Å². The predicted molar refractivity (Wildman–Crippen MR) is 98.8 cm³/mol. The first-order chi connectivity index (χ1) is 11.8. The molecule has 7 heteroatoms. The molecule has 0 aliphatic heterocycles. The normalized spacial score (nSPS) is 10.9. The number of carbonyl (C=O) groups is 2. The van der Waals surface area contributed by atoms with Crippen molar-refractivity contribution in [1.82, 2.24) is 0 Å². The number of hydrogen-bond acceptors (Lipinski definition) is 4. The van der Waals surface area contributed by atoms with Gasteiger partial charge in [0.05, 0.1) is 17.2 Å². The number of halogens is 2. The van der Waals surface area contributed by atoms with Gasteiger partial charge in [0.25, 0.3) is 0 Å². The standard InChI is InChI=1S/C18H17ClFNO3S/c1-4-24-18(23)16-10(2)11(3)25-17(16)21-15(22)9-8-12-13(19)6-5-7-14(12)20/h5-9H,4H2,1-3H3,(H,21,22)/b9-8+. The Bertz CT molecular complexity index is 825. The van der Waals surface area contributed by atoms with Gasteiger partial charge < -0.3 is 10.1 Å². The third-order valence-corrected chi connectivity index (χ3v) is 4.95. The monoisotopic (exact) mass is 381 g/mol. The number of carbonyl (C=O) groups excluding carboxylic acids is 2. The Morgan fingerprint density at radius 1 is 1.36 bits per heavy atom. The lowest BCUT2D eigenvalue weighted by atomic mass is 10.1. The minimum Gasteiger partial charge on any atom is -0.462 e. The molecule has 1 heterocycles. The molecule has 1 amide bonds. The third-order valence-electron chi connectivity index (χ3n) is 3.50. The summed E-state index contributed by atoms with van der Waals surface area (Å²) in [5, 5.41) is 3.26. The second-order valence-corrected chi connectivity index (χ2v) is 6.80. The summed E-state index contributed by atoms with van der Waals surface area (Å²) in [5.41, 5.74) is 1.23. The van der Waals surface area contributed by atoms with Gasteiger partial charge in [0.2, 0.25) is 5.91 Å². The van der Waals surface area contributed by atoms with Crippen LogP contribution in [0.5, 0.6) is 0 Å². The maximum atomic E-state index is 13.7. The molecular formula is C18H17ClFNO3S. The third kappa shape index (κ3) is 4.46. The molecule has 1 N–H and O–H groups in total. The molecule has 0 unspecified atom stereocenters. The number of anilines is 1. The molecule has 4 nitrogen and oxygen atoms in total. The largest absolute Gasteiger partial charge is 0.462 e. The van der Waals surface area contributed by atoms with Crippen LogP contribution in [-0.2, 0) is 9.53 Å². The van der Waals surface area contributed by atoms with Crippen LogP contribution >= 0.6 is 22.9 Å². The van der Waals surface area contributed by atoms with E-state index in [1.54, 1.807) is 13.8 Å². The molecule has 0 fully saturated rings. The Labute approximate surface area is 154 Å². The van der Waals surface area contributed by atoms with Crippen molar-refractivity contribution in [2.75, 3.05) is 11.9 Å². The van der Waals surface area contributed by atoms with Crippen LogP contribution in [0.2, 0.25) is 5.02 Å². The maximum absolute atomic E-state index is 13.7. The summed E-state index contributed by atoms with van der Waals surface area (Å²) < 4.78 is 18.7. The van der Waals surface area contributed by atoms with E-state index in [0.717, 1.165) is 10.4 Å². The van der Waals surface area contributed by atoms with E-state index in [-0.39, 0.29) is 17.2 Å². The van der Waals surface area contributed by atoms with Crippen LogP contribution in [0.1, 0.15) is 33.3 Å². The molecule has 2 aromatic rings. The minimum atomic E-state index is -0.522. The van der Waals surface area contributed by atoms with Gasteiger partial charge in [-0.05, 0) is 44.5 Å². The fourth-order valence-electron chi connectivity index (χ4n) is 2.15. The number of rotatable bonds is 5. The van der Waals surface area contributed by atoms with Gasteiger partial charge in [-0.3, -0.25) is 4.79 Å². The summed E-state index contributed by atoms with van der Waals surface area (Å²) in [6.45, 7) is 5.61. The lowest BCUT2D eigenvalue weighted by Gasteiger charge is -2.05. The van der Waals surface area contributed by atoms with Crippen molar-refractivity contribution in [3.05, 3.63) is 56.7 Å². The molecule has 0 bridgehead atoms. The van der Waals surface area contributed by atoms with Crippen molar-refractivity contribution >= 4 is 45.9 Å². The summed E-state index contributed by atoms with van der Waals surface area (Å²) in [5.74, 6) is -1.50. The molecule has 2 rings (SSSR count). The van der Waals surface area contributed by atoms with Gasteiger partial charge >= 0.3 is 5.97 Å². The fourth-order valence-corrected chi connectivity index (χ4v) is 3.42. The number of amides is 1. The number of benzene rings is 1. The van der Waals surface area contributed by atoms with E-state index in [1.807, 2.05) is 6.92 Å². The Morgan fingerprint density at radius 3 is 2.72 bits per heavy atom. The molecule has 0 saturated heterocycles. The van der Waals surface area contributed by atoms with E-state index >= 15 is 0 Å². The van der Waals surface area contributed by atoms with Gasteiger partial charge in [-0.15, -0.1) is 11.3 Å². The predicted octanol–water partition coefficient (Wildman–Crippen LogP) is 4.99. The topological polar surface area (TPSA) is 55.4 Å². The van der Waals surface area contributed by atoms with Crippen molar-refractivity contribution in [3.8, 4) is 0 Å². The van der Waals surface area contributed by atoms with E-state index in [9.17, 15) is 14.0 Å². The van der Waals surface area contributed by atoms with Crippen LogP contribution in [0.15, 0.2) is 24.3 Å². The summed E-state index contributed by atoms with van der Waals surface area (Å²) in [6, 6.07) is 4.28. The average molecular weight is 382 g/mol. The second-order valence-electron chi connectivity index (χ2n) is 5.17. The number of aryl methyl sites for hydroxylation is 1. The number of esters is 1. The highest BCUT2D eigenvalue weighted by Gasteiger charge is 2.21. The number of nitrogens with one attached hydrogen (secondary N) is 1. The SMILES string of the molecule is CCOC(=O)c1c(NC(=O)/C=C/c2c(F)cccc2Cl)sc(C)c1C. The number of ether oxygens (including phenoxy) is 1. The van der Waals surface area contributed by atoms with E-state index in [1.165, 1.54) is 41.7 Å². The van der Waals surface area contributed by atoms with Crippen molar-refractivity contribution < 1.29 is 18.7 Å². The Morgan fingerprint density at radius 2 is 2.08 bits per heavy atom. The summed E-state index contributed by atoms with van der Waals surface area (Å²) >= 11 is 7.20. The zero-order chi connectivity index (χ0) is 18.6. The average Bonchev–Trinajstić information content (AvgIpc) is 2.81. The summed E-state index contributed by atoms with van der Waals surface area (Å²) in [4.78, 5) is 25.2. The second kappa shape index (κ2) is 8.27. The lowest BCUT2D eigenvalue weighted by Crippen LogP contribution is -2.12. The molecule has 25 heavy (non-hydrogen) atoms. The zero-order valence-corrected chi connectivity index (χ0v) is 15.6.